The number of pyridine rings is 1. The Labute approximate surface area is 199 Å². The minimum absolute atomic E-state index is 0.0965. The van der Waals surface area contributed by atoms with Crippen molar-refractivity contribution in [2.75, 3.05) is 33.3 Å². The number of nitrogens with zero attached hydrogens (tertiary/aromatic N) is 2. The molecule has 2 saturated heterocycles. The standard InChI is InChI=1S/C23H33ClN4O5/c1-33-23-18(24)11-17(13-26-23)19(12-21(30)31)27-22(32)16-3-2-10-28(14-16)20(29)5-4-15-6-8-25-9-7-15/h11,13,15-16,19,25H,2-10,12,14H2,1H3,(H,27,32)(H,30,31)/t16-,19+/m1/s1. The average Bonchev–Trinajstić information content (AvgIpc) is 2.82. The van der Waals surface area contributed by atoms with Crippen LogP contribution >= 0.6 is 11.6 Å². The van der Waals surface area contributed by atoms with E-state index in [0.29, 0.717) is 37.4 Å². The molecule has 0 spiro atoms. The fraction of sp³-hybridized carbons (Fsp3) is 0.652. The summed E-state index contributed by atoms with van der Waals surface area (Å²) in [6.07, 6.45) is 6.16. The number of methoxy groups -OCH3 is 1. The number of aliphatic carboxylic acids is 1. The zero-order chi connectivity index (χ0) is 23.8. The molecule has 0 bridgehead atoms. The van der Waals surface area contributed by atoms with Crippen molar-refractivity contribution in [3.05, 3.63) is 22.8 Å². The quantitative estimate of drug-likeness (QED) is 0.496. The summed E-state index contributed by atoms with van der Waals surface area (Å²) in [7, 11) is 1.44. The van der Waals surface area contributed by atoms with Crippen LogP contribution in [-0.2, 0) is 14.4 Å². The third kappa shape index (κ3) is 7.30. The molecule has 2 atom stereocenters. The third-order valence-electron chi connectivity index (χ3n) is 6.49. The highest BCUT2D eigenvalue weighted by atomic mass is 35.5. The molecule has 3 N–H and O–H groups in total. The van der Waals surface area contributed by atoms with Gasteiger partial charge in [-0.15, -0.1) is 0 Å². The number of carbonyl (C=O) groups is 3. The first-order valence-electron chi connectivity index (χ1n) is 11.6. The minimum Gasteiger partial charge on any atom is -0.481 e. The van der Waals surface area contributed by atoms with Crippen molar-refractivity contribution in [2.45, 2.75) is 51.0 Å². The van der Waals surface area contributed by atoms with Crippen LogP contribution in [0.5, 0.6) is 5.88 Å². The number of carboxylic acids is 1. The molecule has 1 aromatic heterocycles. The van der Waals surface area contributed by atoms with Gasteiger partial charge in [0.05, 0.1) is 25.5 Å². The van der Waals surface area contributed by atoms with Gasteiger partial charge in [0.1, 0.15) is 5.02 Å². The lowest BCUT2D eigenvalue weighted by molar-refractivity contribution is -0.138. The number of carboxylic acid groups (broad SMARTS) is 1. The number of hydrogen-bond acceptors (Lipinski definition) is 6. The van der Waals surface area contributed by atoms with Crippen LogP contribution in [0, 0.1) is 11.8 Å². The summed E-state index contributed by atoms with van der Waals surface area (Å²) in [5, 5.41) is 15.7. The molecule has 0 saturated carbocycles. The molecule has 2 amide bonds. The average molecular weight is 481 g/mol. The van der Waals surface area contributed by atoms with Crippen molar-refractivity contribution in [3.63, 3.8) is 0 Å². The van der Waals surface area contributed by atoms with Crippen molar-refractivity contribution in [3.8, 4) is 5.88 Å². The molecule has 33 heavy (non-hydrogen) atoms. The number of piperidine rings is 2. The molecule has 1 aromatic rings. The lowest BCUT2D eigenvalue weighted by Gasteiger charge is -2.33. The maximum atomic E-state index is 13.0. The smallest absolute Gasteiger partial charge is 0.305 e. The molecule has 182 valence electrons. The summed E-state index contributed by atoms with van der Waals surface area (Å²) in [6.45, 7) is 3.04. The first-order valence-corrected chi connectivity index (χ1v) is 11.9. The Morgan fingerprint density at radius 1 is 1.33 bits per heavy atom. The van der Waals surface area contributed by atoms with E-state index in [-0.39, 0.29) is 35.1 Å². The Morgan fingerprint density at radius 2 is 2.09 bits per heavy atom. The van der Waals surface area contributed by atoms with Gasteiger partial charge in [0.15, 0.2) is 0 Å². The first kappa shape index (κ1) is 25.2. The number of hydrogen-bond donors (Lipinski definition) is 3. The predicted molar refractivity (Wildman–Crippen MR) is 123 cm³/mol. The van der Waals surface area contributed by atoms with E-state index in [2.05, 4.69) is 15.6 Å². The number of rotatable bonds is 9. The minimum atomic E-state index is -1.05. The number of amides is 2. The van der Waals surface area contributed by atoms with Crippen molar-refractivity contribution >= 4 is 29.4 Å². The second kappa shape index (κ2) is 12.2. The van der Waals surface area contributed by atoms with Gasteiger partial charge in [-0.1, -0.05) is 11.6 Å². The Hall–Kier alpha value is -2.39. The van der Waals surface area contributed by atoms with E-state index < -0.39 is 12.0 Å². The SMILES string of the molecule is COc1ncc([C@H](CC(=O)O)NC(=O)[C@@H]2CCCN(C(=O)CCC3CCNCC3)C2)cc1Cl. The van der Waals surface area contributed by atoms with Gasteiger partial charge in [0.2, 0.25) is 17.7 Å². The molecule has 0 aromatic carbocycles. The fourth-order valence-corrected chi connectivity index (χ4v) is 4.82. The maximum absolute atomic E-state index is 13.0. The van der Waals surface area contributed by atoms with Gasteiger partial charge in [0, 0.05) is 25.7 Å². The molecule has 3 heterocycles. The van der Waals surface area contributed by atoms with Crippen LogP contribution in [0.25, 0.3) is 0 Å². The zero-order valence-corrected chi connectivity index (χ0v) is 19.8. The highest BCUT2D eigenvalue weighted by molar-refractivity contribution is 6.31. The summed E-state index contributed by atoms with van der Waals surface area (Å²) < 4.78 is 5.04. The van der Waals surface area contributed by atoms with Crippen LogP contribution in [0.1, 0.15) is 56.6 Å². The van der Waals surface area contributed by atoms with Gasteiger partial charge in [-0.2, -0.15) is 0 Å². The largest absolute Gasteiger partial charge is 0.481 e. The Balaban J connectivity index is 1.58. The summed E-state index contributed by atoms with van der Waals surface area (Å²) in [5.74, 6) is -0.777. The highest BCUT2D eigenvalue weighted by Crippen LogP contribution is 2.27. The zero-order valence-electron chi connectivity index (χ0n) is 19.0. The van der Waals surface area contributed by atoms with E-state index in [9.17, 15) is 19.5 Å². The lowest BCUT2D eigenvalue weighted by Crippen LogP contribution is -2.46. The van der Waals surface area contributed by atoms with Crippen molar-refractivity contribution < 1.29 is 24.2 Å². The molecule has 3 rings (SSSR count). The van der Waals surface area contributed by atoms with Crippen LogP contribution in [0.15, 0.2) is 12.3 Å². The lowest BCUT2D eigenvalue weighted by atomic mass is 9.92. The van der Waals surface area contributed by atoms with Crippen molar-refractivity contribution in [2.24, 2.45) is 11.8 Å². The molecule has 2 fully saturated rings. The summed E-state index contributed by atoms with van der Waals surface area (Å²) in [6, 6.07) is 0.774. The van der Waals surface area contributed by atoms with E-state index in [1.807, 2.05) is 0 Å². The Kier molecular flexibility index (Phi) is 9.31. The van der Waals surface area contributed by atoms with E-state index in [1.165, 1.54) is 13.3 Å². The second-order valence-corrected chi connectivity index (χ2v) is 9.24. The third-order valence-corrected chi connectivity index (χ3v) is 6.76. The van der Waals surface area contributed by atoms with Gasteiger partial charge in [-0.25, -0.2) is 4.98 Å². The van der Waals surface area contributed by atoms with Gasteiger partial charge in [-0.3, -0.25) is 14.4 Å². The Morgan fingerprint density at radius 3 is 2.76 bits per heavy atom. The summed E-state index contributed by atoms with van der Waals surface area (Å²) in [5.41, 5.74) is 0.488. The van der Waals surface area contributed by atoms with Gasteiger partial charge in [-0.05, 0) is 62.7 Å². The summed E-state index contributed by atoms with van der Waals surface area (Å²) >= 11 is 6.14. The topological polar surface area (TPSA) is 121 Å². The van der Waals surface area contributed by atoms with E-state index in [1.54, 1.807) is 11.0 Å². The molecule has 0 radical (unpaired) electrons. The molecule has 2 aliphatic rings. The first-order chi connectivity index (χ1) is 15.9. The van der Waals surface area contributed by atoms with Crippen LogP contribution in [0.4, 0.5) is 0 Å². The number of carbonyl (C=O) groups excluding carboxylic acids is 2. The Bertz CT molecular complexity index is 846. The second-order valence-electron chi connectivity index (χ2n) is 8.83. The van der Waals surface area contributed by atoms with E-state index in [4.69, 9.17) is 16.3 Å². The maximum Gasteiger partial charge on any atom is 0.305 e. The van der Waals surface area contributed by atoms with Crippen LogP contribution in [0.2, 0.25) is 5.02 Å². The van der Waals surface area contributed by atoms with Gasteiger partial charge in [0.25, 0.3) is 0 Å². The van der Waals surface area contributed by atoms with E-state index >= 15 is 0 Å². The molecule has 10 heteroatoms. The number of likely N-dealkylation sites (tertiary alicyclic amines) is 1. The van der Waals surface area contributed by atoms with Crippen LogP contribution in [-0.4, -0.2) is 66.1 Å². The molecule has 9 nitrogen and oxygen atoms in total. The summed E-state index contributed by atoms with van der Waals surface area (Å²) in [4.78, 5) is 43.1. The van der Waals surface area contributed by atoms with Crippen LogP contribution < -0.4 is 15.4 Å². The number of aromatic nitrogens is 1. The molecular formula is C23H33ClN4O5. The van der Waals surface area contributed by atoms with Gasteiger partial charge < -0.3 is 25.4 Å². The molecule has 0 unspecified atom stereocenters. The normalized spacial score (nSPS) is 20.2. The molecule has 2 aliphatic heterocycles. The van der Waals surface area contributed by atoms with Crippen molar-refractivity contribution in [1.82, 2.24) is 20.5 Å². The van der Waals surface area contributed by atoms with Gasteiger partial charge >= 0.3 is 5.97 Å². The van der Waals surface area contributed by atoms with Crippen molar-refractivity contribution in [1.29, 1.82) is 0 Å². The number of ether oxygens (including phenoxy) is 1. The molecule has 0 aliphatic carbocycles. The predicted octanol–water partition coefficient (Wildman–Crippen LogP) is 2.39. The van der Waals surface area contributed by atoms with Crippen LogP contribution in [0.3, 0.4) is 0 Å². The number of nitrogens with one attached hydrogen (secondary N) is 2. The monoisotopic (exact) mass is 480 g/mol. The highest BCUT2D eigenvalue weighted by Gasteiger charge is 2.31. The fourth-order valence-electron chi connectivity index (χ4n) is 4.57. The number of halogens is 1. The van der Waals surface area contributed by atoms with E-state index in [0.717, 1.165) is 38.8 Å². The molecular weight excluding hydrogens is 448 g/mol.